The predicted octanol–water partition coefficient (Wildman–Crippen LogP) is 1.37. The number of aliphatic hydroxyl groups excluding tert-OH is 1. The molecule has 0 spiro atoms. The second-order valence-electron chi connectivity index (χ2n) is 4.08. The van der Waals surface area contributed by atoms with Crippen LogP contribution in [0.25, 0.3) is 0 Å². The molecular weight excluding hydrogens is 268 g/mol. The number of nitrogens with one attached hydrogen (secondary N) is 1. The molecule has 0 aliphatic carbocycles. The molecule has 0 aliphatic rings. The van der Waals surface area contributed by atoms with E-state index in [9.17, 15) is 4.79 Å². The zero-order valence-electron chi connectivity index (χ0n) is 10.3. The standard InChI is InChI=1S/C12H13ClN4O2/c1-8-2-3-9(4-11(8)13)14-12(19)6-17-5-10(7-18)15-16-17/h2-5,18H,6-7H2,1H3,(H,14,19). The summed E-state index contributed by atoms with van der Waals surface area (Å²) in [6, 6.07) is 5.30. The Balaban J connectivity index is 1.98. The van der Waals surface area contributed by atoms with Crippen LogP contribution in [0, 0.1) is 6.92 Å². The minimum atomic E-state index is -0.241. The second kappa shape index (κ2) is 5.81. The van der Waals surface area contributed by atoms with Crippen LogP contribution >= 0.6 is 11.6 Å². The number of halogens is 1. The maximum absolute atomic E-state index is 11.8. The number of aryl methyl sites for hydroxylation is 1. The number of hydrogen-bond acceptors (Lipinski definition) is 4. The highest BCUT2D eigenvalue weighted by Crippen LogP contribution is 2.19. The fourth-order valence-electron chi connectivity index (χ4n) is 1.51. The Bertz CT molecular complexity index is 597. The first-order chi connectivity index (χ1) is 9.08. The molecule has 0 atom stereocenters. The van der Waals surface area contributed by atoms with Gasteiger partial charge in [-0.15, -0.1) is 5.10 Å². The van der Waals surface area contributed by atoms with Gasteiger partial charge in [0.15, 0.2) is 0 Å². The number of nitrogens with zero attached hydrogens (tertiary/aromatic N) is 3. The van der Waals surface area contributed by atoms with E-state index >= 15 is 0 Å². The van der Waals surface area contributed by atoms with E-state index in [1.807, 2.05) is 13.0 Å². The Hall–Kier alpha value is -1.92. The van der Waals surface area contributed by atoms with Crippen molar-refractivity contribution in [2.45, 2.75) is 20.1 Å². The van der Waals surface area contributed by atoms with Crippen molar-refractivity contribution >= 4 is 23.2 Å². The van der Waals surface area contributed by atoms with Gasteiger partial charge in [0, 0.05) is 10.7 Å². The fraction of sp³-hybridized carbons (Fsp3) is 0.250. The summed E-state index contributed by atoms with van der Waals surface area (Å²) in [4.78, 5) is 11.8. The maximum Gasteiger partial charge on any atom is 0.246 e. The van der Waals surface area contributed by atoms with Crippen molar-refractivity contribution in [2.24, 2.45) is 0 Å². The monoisotopic (exact) mass is 280 g/mol. The Morgan fingerprint density at radius 3 is 2.95 bits per heavy atom. The third-order valence-corrected chi connectivity index (χ3v) is 2.92. The van der Waals surface area contributed by atoms with Crippen LogP contribution in [0.5, 0.6) is 0 Å². The summed E-state index contributed by atoms with van der Waals surface area (Å²) in [6.45, 7) is 1.72. The van der Waals surface area contributed by atoms with Crippen molar-refractivity contribution in [2.75, 3.05) is 5.32 Å². The molecule has 0 radical (unpaired) electrons. The molecule has 0 fully saturated rings. The highest BCUT2D eigenvalue weighted by molar-refractivity contribution is 6.31. The molecule has 0 unspecified atom stereocenters. The van der Waals surface area contributed by atoms with Gasteiger partial charge < -0.3 is 10.4 Å². The highest BCUT2D eigenvalue weighted by atomic mass is 35.5. The molecule has 2 rings (SSSR count). The average molecular weight is 281 g/mol. The molecule has 19 heavy (non-hydrogen) atoms. The summed E-state index contributed by atoms with van der Waals surface area (Å²) < 4.78 is 1.36. The number of carbonyl (C=O) groups is 1. The molecule has 7 heteroatoms. The van der Waals surface area contributed by atoms with Crippen molar-refractivity contribution in [3.8, 4) is 0 Å². The molecule has 0 aliphatic heterocycles. The normalized spacial score (nSPS) is 10.5. The van der Waals surface area contributed by atoms with Crippen LogP contribution in [-0.2, 0) is 17.9 Å². The van der Waals surface area contributed by atoms with E-state index in [0.29, 0.717) is 16.4 Å². The summed E-state index contributed by atoms with van der Waals surface area (Å²) >= 11 is 5.97. The van der Waals surface area contributed by atoms with Crippen LogP contribution in [-0.4, -0.2) is 26.0 Å². The van der Waals surface area contributed by atoms with Crippen molar-refractivity contribution in [3.05, 3.63) is 40.7 Å². The molecule has 2 N–H and O–H groups in total. The number of benzene rings is 1. The summed E-state index contributed by atoms with van der Waals surface area (Å²) in [5.41, 5.74) is 2.00. The molecule has 0 saturated heterocycles. The number of amides is 1. The number of hydrogen-bond donors (Lipinski definition) is 2. The first-order valence-electron chi connectivity index (χ1n) is 5.64. The van der Waals surface area contributed by atoms with Gasteiger partial charge >= 0.3 is 0 Å². The molecule has 1 heterocycles. The highest BCUT2D eigenvalue weighted by Gasteiger charge is 2.07. The predicted molar refractivity (Wildman–Crippen MR) is 70.8 cm³/mol. The Morgan fingerprint density at radius 2 is 2.32 bits per heavy atom. The zero-order chi connectivity index (χ0) is 13.8. The van der Waals surface area contributed by atoms with Crippen LogP contribution in [0.4, 0.5) is 5.69 Å². The number of aliphatic hydroxyl groups is 1. The first-order valence-corrected chi connectivity index (χ1v) is 6.02. The minimum absolute atomic E-state index is 0.0263. The Morgan fingerprint density at radius 1 is 1.53 bits per heavy atom. The van der Waals surface area contributed by atoms with E-state index in [0.717, 1.165) is 5.56 Å². The van der Waals surface area contributed by atoms with Gasteiger partial charge in [-0.25, -0.2) is 4.68 Å². The molecular formula is C12H13ClN4O2. The molecule has 2 aromatic rings. The molecule has 1 aromatic carbocycles. The van der Waals surface area contributed by atoms with Crippen LogP contribution in [0.2, 0.25) is 5.02 Å². The van der Waals surface area contributed by atoms with Gasteiger partial charge in [-0.05, 0) is 24.6 Å². The second-order valence-corrected chi connectivity index (χ2v) is 4.48. The van der Waals surface area contributed by atoms with Gasteiger partial charge in [0.1, 0.15) is 12.2 Å². The number of anilines is 1. The summed E-state index contributed by atoms with van der Waals surface area (Å²) in [6.07, 6.45) is 1.52. The summed E-state index contributed by atoms with van der Waals surface area (Å²) in [5.74, 6) is -0.241. The van der Waals surface area contributed by atoms with Gasteiger partial charge in [0.05, 0.1) is 12.8 Å². The summed E-state index contributed by atoms with van der Waals surface area (Å²) in [7, 11) is 0. The van der Waals surface area contributed by atoms with Gasteiger partial charge in [-0.3, -0.25) is 4.79 Å². The largest absolute Gasteiger partial charge is 0.390 e. The van der Waals surface area contributed by atoms with Gasteiger partial charge in [-0.2, -0.15) is 0 Å². The van der Waals surface area contributed by atoms with Gasteiger partial charge in [-0.1, -0.05) is 22.9 Å². The lowest BCUT2D eigenvalue weighted by Gasteiger charge is -2.06. The van der Waals surface area contributed by atoms with E-state index in [1.54, 1.807) is 12.1 Å². The molecule has 0 bridgehead atoms. The third kappa shape index (κ3) is 3.52. The van der Waals surface area contributed by atoms with Crippen LogP contribution in [0.3, 0.4) is 0 Å². The molecule has 100 valence electrons. The minimum Gasteiger partial charge on any atom is -0.390 e. The van der Waals surface area contributed by atoms with E-state index in [2.05, 4.69) is 15.6 Å². The van der Waals surface area contributed by atoms with Crippen LogP contribution < -0.4 is 5.32 Å². The molecule has 1 aromatic heterocycles. The molecule has 0 saturated carbocycles. The molecule has 6 nitrogen and oxygen atoms in total. The first kappa shape index (κ1) is 13.5. The van der Waals surface area contributed by atoms with Crippen LogP contribution in [0.1, 0.15) is 11.3 Å². The van der Waals surface area contributed by atoms with Crippen molar-refractivity contribution in [3.63, 3.8) is 0 Å². The Labute approximate surface area is 115 Å². The van der Waals surface area contributed by atoms with Gasteiger partial charge in [0.2, 0.25) is 5.91 Å². The van der Waals surface area contributed by atoms with E-state index in [1.165, 1.54) is 10.9 Å². The van der Waals surface area contributed by atoms with Gasteiger partial charge in [0.25, 0.3) is 0 Å². The van der Waals surface area contributed by atoms with E-state index < -0.39 is 0 Å². The zero-order valence-corrected chi connectivity index (χ0v) is 11.1. The number of carbonyl (C=O) groups excluding carboxylic acids is 1. The van der Waals surface area contributed by atoms with Crippen molar-refractivity contribution in [1.29, 1.82) is 0 Å². The van der Waals surface area contributed by atoms with Crippen molar-refractivity contribution in [1.82, 2.24) is 15.0 Å². The lowest BCUT2D eigenvalue weighted by atomic mass is 10.2. The fourth-order valence-corrected chi connectivity index (χ4v) is 1.69. The molecule has 1 amide bonds. The van der Waals surface area contributed by atoms with Crippen LogP contribution in [0.15, 0.2) is 24.4 Å². The quantitative estimate of drug-likeness (QED) is 0.886. The topological polar surface area (TPSA) is 80.0 Å². The van der Waals surface area contributed by atoms with E-state index in [4.69, 9.17) is 16.7 Å². The van der Waals surface area contributed by atoms with E-state index in [-0.39, 0.29) is 19.1 Å². The smallest absolute Gasteiger partial charge is 0.246 e. The van der Waals surface area contributed by atoms with Crippen molar-refractivity contribution < 1.29 is 9.90 Å². The maximum atomic E-state index is 11.8. The summed E-state index contributed by atoms with van der Waals surface area (Å²) in [5, 5.41) is 19.6. The lowest BCUT2D eigenvalue weighted by Crippen LogP contribution is -2.19. The third-order valence-electron chi connectivity index (χ3n) is 2.51. The SMILES string of the molecule is Cc1ccc(NC(=O)Cn2cc(CO)nn2)cc1Cl. The number of rotatable bonds is 4. The lowest BCUT2D eigenvalue weighted by molar-refractivity contribution is -0.116. The average Bonchev–Trinajstić information content (AvgIpc) is 2.81. The number of aromatic nitrogens is 3. The Kier molecular flexibility index (Phi) is 4.13.